The Balaban J connectivity index is 2.10. The molecule has 102 valence electrons. The molecular formula is C13H17N3O2S. The zero-order valence-corrected chi connectivity index (χ0v) is 12.1. The van der Waals surface area contributed by atoms with E-state index in [-0.39, 0.29) is 0 Å². The first-order valence-corrected chi connectivity index (χ1v) is 6.94. The summed E-state index contributed by atoms with van der Waals surface area (Å²) in [4.78, 5) is 0. The van der Waals surface area contributed by atoms with Gasteiger partial charge in [-0.1, -0.05) is 17.8 Å². The minimum absolute atomic E-state index is 0.582. The van der Waals surface area contributed by atoms with Crippen LogP contribution in [-0.2, 0) is 12.3 Å². The lowest BCUT2D eigenvalue weighted by atomic mass is 10.1. The Hall–Kier alpha value is -1.53. The highest BCUT2D eigenvalue weighted by molar-refractivity contribution is 7.98. The minimum atomic E-state index is 0.582. The Labute approximate surface area is 116 Å². The predicted molar refractivity (Wildman–Crippen MR) is 74.4 cm³/mol. The van der Waals surface area contributed by atoms with Gasteiger partial charge >= 0.3 is 0 Å². The number of benzene rings is 1. The topological polar surface area (TPSA) is 60.2 Å². The first-order valence-electron chi connectivity index (χ1n) is 5.96. The normalized spacial score (nSPS) is 10.7. The van der Waals surface area contributed by atoms with E-state index < -0.39 is 0 Å². The molecule has 0 unspecified atom stereocenters. The number of aryl methyl sites for hydroxylation is 1. The van der Waals surface area contributed by atoms with Gasteiger partial charge in [0.05, 0.1) is 7.11 Å². The van der Waals surface area contributed by atoms with Crippen molar-refractivity contribution in [2.45, 2.75) is 24.4 Å². The van der Waals surface area contributed by atoms with Gasteiger partial charge in [0.25, 0.3) is 5.22 Å². The number of nitrogens with zero attached hydrogens (tertiary/aromatic N) is 2. The van der Waals surface area contributed by atoms with Crippen LogP contribution in [-0.4, -0.2) is 24.4 Å². The van der Waals surface area contributed by atoms with E-state index in [1.165, 1.54) is 17.3 Å². The van der Waals surface area contributed by atoms with Gasteiger partial charge < -0.3 is 14.5 Å². The maximum absolute atomic E-state index is 5.37. The van der Waals surface area contributed by atoms with Crippen LogP contribution >= 0.6 is 11.8 Å². The third-order valence-corrected chi connectivity index (χ3v) is 3.45. The van der Waals surface area contributed by atoms with Crippen LogP contribution in [0.4, 0.5) is 0 Å². The van der Waals surface area contributed by atoms with Crippen molar-refractivity contribution in [2.24, 2.45) is 0 Å². The predicted octanol–water partition coefficient (Wildman–Crippen LogP) is 2.40. The van der Waals surface area contributed by atoms with Gasteiger partial charge in [0.15, 0.2) is 0 Å². The molecule has 5 nitrogen and oxygen atoms in total. The van der Waals surface area contributed by atoms with E-state index in [1.807, 2.05) is 13.1 Å². The van der Waals surface area contributed by atoms with Crippen molar-refractivity contribution >= 4 is 11.8 Å². The first-order chi connectivity index (χ1) is 9.22. The molecule has 0 saturated heterocycles. The summed E-state index contributed by atoms with van der Waals surface area (Å²) >= 11 is 1.51. The Morgan fingerprint density at radius 1 is 1.37 bits per heavy atom. The standard InChI is InChI=1S/C13H17N3O2S/c1-9-15-16-13(18-9)19-8-11-6-10(7-14-2)4-5-12(11)17-3/h4-6,14H,7-8H2,1-3H3. The number of thioether (sulfide) groups is 1. The van der Waals surface area contributed by atoms with Crippen LogP contribution in [0.5, 0.6) is 5.75 Å². The van der Waals surface area contributed by atoms with Crippen LogP contribution < -0.4 is 10.1 Å². The number of aromatic nitrogens is 2. The van der Waals surface area contributed by atoms with Crippen LogP contribution in [0.3, 0.4) is 0 Å². The second-order valence-corrected chi connectivity index (χ2v) is 4.98. The van der Waals surface area contributed by atoms with E-state index in [9.17, 15) is 0 Å². The molecule has 0 atom stereocenters. The average Bonchev–Trinajstić information content (AvgIpc) is 2.83. The molecule has 1 N–H and O–H groups in total. The number of methoxy groups -OCH3 is 1. The minimum Gasteiger partial charge on any atom is -0.496 e. The zero-order valence-electron chi connectivity index (χ0n) is 11.3. The number of nitrogens with one attached hydrogen (secondary N) is 1. The van der Waals surface area contributed by atoms with E-state index in [2.05, 4.69) is 27.6 Å². The Kier molecular flexibility index (Phi) is 4.81. The first kappa shape index (κ1) is 13.9. The summed E-state index contributed by atoms with van der Waals surface area (Å²) in [6, 6.07) is 6.17. The van der Waals surface area contributed by atoms with Gasteiger partial charge in [0.2, 0.25) is 5.89 Å². The summed E-state index contributed by atoms with van der Waals surface area (Å²) in [5.41, 5.74) is 2.34. The van der Waals surface area contributed by atoms with Crippen LogP contribution in [0.2, 0.25) is 0 Å². The number of ether oxygens (including phenoxy) is 1. The summed E-state index contributed by atoms with van der Waals surface area (Å²) in [5, 5.41) is 11.5. The third-order valence-electron chi connectivity index (χ3n) is 2.58. The fourth-order valence-corrected chi connectivity index (χ4v) is 2.52. The fraction of sp³-hybridized carbons (Fsp3) is 0.385. The molecule has 0 bridgehead atoms. The largest absolute Gasteiger partial charge is 0.496 e. The van der Waals surface area contributed by atoms with Crippen molar-refractivity contribution in [1.29, 1.82) is 0 Å². The molecule has 1 heterocycles. The summed E-state index contributed by atoms with van der Waals surface area (Å²) < 4.78 is 10.7. The van der Waals surface area contributed by atoms with Crippen molar-refractivity contribution in [3.63, 3.8) is 0 Å². The Morgan fingerprint density at radius 2 is 2.21 bits per heavy atom. The number of hydrogen-bond acceptors (Lipinski definition) is 6. The maximum atomic E-state index is 5.37. The summed E-state index contributed by atoms with van der Waals surface area (Å²) in [7, 11) is 3.61. The van der Waals surface area contributed by atoms with Crippen LogP contribution in [0, 0.1) is 6.92 Å². The molecule has 1 aromatic heterocycles. The molecule has 1 aromatic carbocycles. The van der Waals surface area contributed by atoms with Gasteiger partial charge in [-0.05, 0) is 24.7 Å². The molecule has 2 aromatic rings. The Bertz CT molecular complexity index is 542. The van der Waals surface area contributed by atoms with Crippen LogP contribution in [0.15, 0.2) is 27.8 Å². The Morgan fingerprint density at radius 3 is 2.84 bits per heavy atom. The van der Waals surface area contributed by atoms with E-state index >= 15 is 0 Å². The van der Waals surface area contributed by atoms with Crippen molar-refractivity contribution in [1.82, 2.24) is 15.5 Å². The molecule has 0 aliphatic heterocycles. The molecule has 0 aliphatic rings. The summed E-state index contributed by atoms with van der Waals surface area (Å²) in [5.74, 6) is 2.20. The van der Waals surface area contributed by atoms with Gasteiger partial charge in [-0.2, -0.15) is 0 Å². The second-order valence-electron chi connectivity index (χ2n) is 4.05. The lowest BCUT2D eigenvalue weighted by molar-refractivity contribution is 0.410. The summed E-state index contributed by atoms with van der Waals surface area (Å²) in [6.45, 7) is 2.62. The molecule has 19 heavy (non-hydrogen) atoms. The average molecular weight is 279 g/mol. The SMILES string of the molecule is CNCc1ccc(OC)c(CSc2nnc(C)o2)c1. The van der Waals surface area contributed by atoms with Crippen LogP contribution in [0.25, 0.3) is 0 Å². The monoisotopic (exact) mass is 279 g/mol. The fourth-order valence-electron chi connectivity index (χ4n) is 1.74. The third kappa shape index (κ3) is 3.71. The van der Waals surface area contributed by atoms with E-state index in [4.69, 9.17) is 9.15 Å². The zero-order chi connectivity index (χ0) is 13.7. The van der Waals surface area contributed by atoms with E-state index in [0.717, 1.165) is 23.6 Å². The molecule has 0 fully saturated rings. The molecule has 0 amide bonds. The highest BCUT2D eigenvalue weighted by atomic mass is 32.2. The van der Waals surface area contributed by atoms with Crippen molar-refractivity contribution < 1.29 is 9.15 Å². The van der Waals surface area contributed by atoms with Crippen molar-refractivity contribution in [3.05, 3.63) is 35.2 Å². The quantitative estimate of drug-likeness (QED) is 0.819. The van der Waals surface area contributed by atoms with Crippen molar-refractivity contribution in [2.75, 3.05) is 14.2 Å². The highest BCUT2D eigenvalue weighted by Gasteiger charge is 2.08. The molecular weight excluding hydrogens is 262 g/mol. The van der Waals surface area contributed by atoms with E-state index in [0.29, 0.717) is 11.1 Å². The molecule has 0 saturated carbocycles. The van der Waals surface area contributed by atoms with Crippen molar-refractivity contribution in [3.8, 4) is 5.75 Å². The van der Waals surface area contributed by atoms with Gasteiger partial charge in [-0.3, -0.25) is 0 Å². The molecule has 0 spiro atoms. The number of rotatable bonds is 6. The maximum Gasteiger partial charge on any atom is 0.276 e. The van der Waals surface area contributed by atoms with Crippen LogP contribution in [0.1, 0.15) is 17.0 Å². The lowest BCUT2D eigenvalue weighted by Gasteiger charge is -2.09. The van der Waals surface area contributed by atoms with Gasteiger partial charge in [-0.15, -0.1) is 10.2 Å². The second kappa shape index (κ2) is 6.58. The van der Waals surface area contributed by atoms with Gasteiger partial charge in [-0.25, -0.2) is 0 Å². The van der Waals surface area contributed by atoms with Gasteiger partial charge in [0.1, 0.15) is 5.75 Å². The molecule has 0 aliphatic carbocycles. The van der Waals surface area contributed by atoms with E-state index in [1.54, 1.807) is 14.0 Å². The molecule has 0 radical (unpaired) electrons. The lowest BCUT2D eigenvalue weighted by Crippen LogP contribution is -2.05. The molecule has 6 heteroatoms. The molecule has 2 rings (SSSR count). The smallest absolute Gasteiger partial charge is 0.276 e. The highest BCUT2D eigenvalue weighted by Crippen LogP contribution is 2.28. The summed E-state index contributed by atoms with van der Waals surface area (Å²) in [6.07, 6.45) is 0. The number of hydrogen-bond donors (Lipinski definition) is 1. The van der Waals surface area contributed by atoms with Gasteiger partial charge in [0, 0.05) is 24.8 Å².